The molecule has 0 N–H and O–H groups in total. The molecule has 34 heavy (non-hydrogen) atoms. The number of nitrogens with zero attached hydrogens (tertiary/aromatic N) is 2. The van der Waals surface area contributed by atoms with Crippen LogP contribution in [0, 0.1) is 11.8 Å². The monoisotopic (exact) mass is 464 g/mol. The SMILES string of the molecule is COCCCOc1cc2c(nc1C1=CCOCC1)C(=NCc1ccccc1)CC(C(C)C)CO2. The molecule has 182 valence electrons. The molecule has 0 saturated heterocycles. The van der Waals surface area contributed by atoms with Crippen LogP contribution in [0.1, 0.15) is 50.1 Å². The van der Waals surface area contributed by atoms with E-state index in [9.17, 15) is 0 Å². The number of hydrogen-bond donors (Lipinski definition) is 0. The maximum atomic E-state index is 6.32. The molecular formula is C28H36N2O4. The summed E-state index contributed by atoms with van der Waals surface area (Å²) >= 11 is 0. The number of aliphatic imine (C=N–C) groups is 1. The Bertz CT molecular complexity index is 1000. The first kappa shape index (κ1) is 24.4. The maximum Gasteiger partial charge on any atom is 0.150 e. The van der Waals surface area contributed by atoms with Crippen LogP contribution in [-0.2, 0) is 16.0 Å². The zero-order chi connectivity index (χ0) is 23.8. The van der Waals surface area contributed by atoms with Crippen molar-refractivity contribution in [2.75, 3.05) is 40.1 Å². The van der Waals surface area contributed by atoms with E-state index in [1.807, 2.05) is 12.1 Å². The minimum Gasteiger partial charge on any atom is -0.491 e. The van der Waals surface area contributed by atoms with Gasteiger partial charge in [-0.1, -0.05) is 50.3 Å². The van der Waals surface area contributed by atoms with Gasteiger partial charge in [-0.3, -0.25) is 4.99 Å². The highest BCUT2D eigenvalue weighted by molar-refractivity contribution is 6.02. The Labute approximate surface area is 203 Å². The molecule has 2 aliphatic heterocycles. The zero-order valence-electron chi connectivity index (χ0n) is 20.6. The van der Waals surface area contributed by atoms with E-state index in [1.165, 1.54) is 5.56 Å². The normalized spacial score (nSPS) is 19.4. The minimum atomic E-state index is 0.376. The lowest BCUT2D eigenvalue weighted by Gasteiger charge is -2.19. The van der Waals surface area contributed by atoms with E-state index in [-0.39, 0.29) is 0 Å². The Morgan fingerprint density at radius 1 is 1.15 bits per heavy atom. The van der Waals surface area contributed by atoms with Gasteiger partial charge in [0, 0.05) is 32.1 Å². The van der Waals surface area contributed by atoms with E-state index >= 15 is 0 Å². The fourth-order valence-corrected chi connectivity index (χ4v) is 4.20. The van der Waals surface area contributed by atoms with Gasteiger partial charge in [-0.25, -0.2) is 4.98 Å². The van der Waals surface area contributed by atoms with Gasteiger partial charge < -0.3 is 18.9 Å². The number of aromatic nitrogens is 1. The van der Waals surface area contributed by atoms with Crippen LogP contribution in [0.2, 0.25) is 0 Å². The Balaban J connectivity index is 1.73. The summed E-state index contributed by atoms with van der Waals surface area (Å²) in [7, 11) is 1.71. The number of fused-ring (bicyclic) bond motifs is 1. The molecule has 1 unspecified atom stereocenters. The van der Waals surface area contributed by atoms with Gasteiger partial charge in [-0.2, -0.15) is 0 Å². The lowest BCUT2D eigenvalue weighted by Crippen LogP contribution is -2.18. The lowest BCUT2D eigenvalue weighted by molar-refractivity contribution is 0.161. The smallest absolute Gasteiger partial charge is 0.150 e. The molecule has 3 heterocycles. The van der Waals surface area contributed by atoms with Crippen LogP contribution in [0.25, 0.3) is 5.57 Å². The molecule has 2 aromatic rings. The lowest BCUT2D eigenvalue weighted by atomic mass is 9.90. The molecule has 0 radical (unpaired) electrons. The average molecular weight is 465 g/mol. The second-order valence-electron chi connectivity index (χ2n) is 9.20. The van der Waals surface area contributed by atoms with E-state index in [4.69, 9.17) is 28.9 Å². The first-order chi connectivity index (χ1) is 16.7. The van der Waals surface area contributed by atoms with Crippen LogP contribution in [0.4, 0.5) is 0 Å². The van der Waals surface area contributed by atoms with Crippen LogP contribution in [0.15, 0.2) is 47.5 Å². The standard InChI is InChI=1S/C28H36N2O4/c1-20(2)23-16-24(29-18-21-8-5-4-6-9-21)28-26(34-19-23)17-25(33-13-7-12-31-3)27(30-28)22-10-14-32-15-11-22/h4-6,8-10,17,20,23H,7,11-16,18-19H2,1-3H3. The first-order valence-corrected chi connectivity index (χ1v) is 12.3. The Morgan fingerprint density at radius 3 is 2.74 bits per heavy atom. The van der Waals surface area contributed by atoms with Crippen LogP contribution >= 0.6 is 0 Å². The molecule has 2 aliphatic rings. The van der Waals surface area contributed by atoms with Gasteiger partial charge >= 0.3 is 0 Å². The summed E-state index contributed by atoms with van der Waals surface area (Å²) in [5, 5.41) is 0. The summed E-state index contributed by atoms with van der Waals surface area (Å²) in [6.45, 7) is 8.27. The second-order valence-corrected chi connectivity index (χ2v) is 9.20. The quantitative estimate of drug-likeness (QED) is 0.469. The van der Waals surface area contributed by atoms with Crippen molar-refractivity contribution in [1.29, 1.82) is 0 Å². The minimum absolute atomic E-state index is 0.376. The van der Waals surface area contributed by atoms with E-state index < -0.39 is 0 Å². The van der Waals surface area contributed by atoms with Crippen molar-refractivity contribution in [3.63, 3.8) is 0 Å². The van der Waals surface area contributed by atoms with Gasteiger partial charge in [0.25, 0.3) is 0 Å². The largest absolute Gasteiger partial charge is 0.491 e. The molecule has 4 rings (SSSR count). The second kappa shape index (κ2) is 12.1. The maximum absolute atomic E-state index is 6.32. The number of rotatable bonds is 9. The van der Waals surface area contributed by atoms with Gasteiger partial charge in [0.1, 0.15) is 17.1 Å². The number of pyridine rings is 1. The molecule has 0 amide bonds. The summed E-state index contributed by atoms with van der Waals surface area (Å²) < 4.78 is 23.2. The third-order valence-electron chi connectivity index (χ3n) is 6.39. The zero-order valence-corrected chi connectivity index (χ0v) is 20.6. The van der Waals surface area contributed by atoms with Crippen LogP contribution in [0.5, 0.6) is 11.5 Å². The van der Waals surface area contributed by atoms with Crippen molar-refractivity contribution in [3.05, 3.63) is 59.4 Å². The number of hydrogen-bond acceptors (Lipinski definition) is 6. The van der Waals surface area contributed by atoms with Crippen molar-refractivity contribution in [3.8, 4) is 11.5 Å². The molecule has 1 atom stereocenters. The molecule has 1 aromatic heterocycles. The van der Waals surface area contributed by atoms with Crippen LogP contribution in [0.3, 0.4) is 0 Å². The third-order valence-corrected chi connectivity index (χ3v) is 6.39. The average Bonchev–Trinajstić information content (AvgIpc) is 3.05. The molecule has 1 aromatic carbocycles. The molecule has 0 spiro atoms. The topological polar surface area (TPSA) is 62.2 Å². The molecule has 0 bridgehead atoms. The van der Waals surface area contributed by atoms with Gasteiger partial charge in [-0.15, -0.1) is 0 Å². The van der Waals surface area contributed by atoms with Crippen molar-refractivity contribution in [1.82, 2.24) is 4.98 Å². The first-order valence-electron chi connectivity index (χ1n) is 12.3. The van der Waals surface area contributed by atoms with E-state index in [2.05, 4.69) is 44.2 Å². The van der Waals surface area contributed by atoms with E-state index in [0.29, 0.717) is 51.4 Å². The molecule has 0 aliphatic carbocycles. The third kappa shape index (κ3) is 6.24. The highest BCUT2D eigenvalue weighted by atomic mass is 16.5. The van der Waals surface area contributed by atoms with Crippen molar-refractivity contribution >= 4 is 11.3 Å². The number of ether oxygens (including phenoxy) is 4. The summed E-state index contributed by atoms with van der Waals surface area (Å²) in [5.41, 5.74) is 5.07. The fraction of sp³-hybridized carbons (Fsp3) is 0.500. The molecular weight excluding hydrogens is 428 g/mol. The van der Waals surface area contributed by atoms with Gasteiger partial charge in [0.2, 0.25) is 0 Å². The van der Waals surface area contributed by atoms with Crippen molar-refractivity contribution in [2.45, 2.75) is 39.7 Å². The predicted octanol–water partition coefficient (Wildman–Crippen LogP) is 5.34. The van der Waals surface area contributed by atoms with Crippen molar-refractivity contribution in [2.24, 2.45) is 16.8 Å². The molecule has 6 heteroatoms. The molecule has 0 fully saturated rings. The summed E-state index contributed by atoms with van der Waals surface area (Å²) in [4.78, 5) is 10.2. The fourth-order valence-electron chi connectivity index (χ4n) is 4.20. The van der Waals surface area contributed by atoms with Crippen LogP contribution < -0.4 is 9.47 Å². The summed E-state index contributed by atoms with van der Waals surface area (Å²) in [5.74, 6) is 2.38. The highest BCUT2D eigenvalue weighted by Gasteiger charge is 2.28. The van der Waals surface area contributed by atoms with E-state index in [0.717, 1.165) is 53.4 Å². The van der Waals surface area contributed by atoms with Gasteiger partial charge in [0.05, 0.1) is 38.7 Å². The number of methoxy groups -OCH3 is 1. The molecule has 0 saturated carbocycles. The van der Waals surface area contributed by atoms with E-state index in [1.54, 1.807) is 7.11 Å². The highest BCUT2D eigenvalue weighted by Crippen LogP contribution is 2.37. The summed E-state index contributed by atoms with van der Waals surface area (Å²) in [6, 6.07) is 12.4. The summed E-state index contributed by atoms with van der Waals surface area (Å²) in [6.07, 6.45) is 4.58. The predicted molar refractivity (Wildman–Crippen MR) is 135 cm³/mol. The molecule has 6 nitrogen and oxygen atoms in total. The number of benzene rings is 1. The van der Waals surface area contributed by atoms with Crippen molar-refractivity contribution < 1.29 is 18.9 Å². The van der Waals surface area contributed by atoms with Gasteiger partial charge in [0.15, 0.2) is 5.75 Å². The van der Waals surface area contributed by atoms with Crippen LogP contribution in [-0.4, -0.2) is 50.8 Å². The Morgan fingerprint density at radius 2 is 2.00 bits per heavy atom. The van der Waals surface area contributed by atoms with Gasteiger partial charge in [-0.05, 0) is 29.9 Å². The Hall–Kier alpha value is -2.70. The Kier molecular flexibility index (Phi) is 8.72.